The Morgan fingerprint density at radius 3 is 0.886 bits per heavy atom. The van der Waals surface area contributed by atoms with Gasteiger partial charge in [0.05, 0.1) is 55.5 Å². The van der Waals surface area contributed by atoms with Crippen LogP contribution in [0.3, 0.4) is 0 Å². The minimum Gasteiger partial charge on any atom is -0.456 e. The molecule has 0 radical (unpaired) electrons. The van der Waals surface area contributed by atoms with Crippen LogP contribution in [0.25, 0.3) is 255 Å². The van der Waals surface area contributed by atoms with Gasteiger partial charge in [0.25, 0.3) is 0 Å². The fraction of sp³-hybridized carbons (Fsp3) is 0. The number of rotatable bonds is 13. The lowest BCUT2D eigenvalue weighted by molar-refractivity contribution is 0.668. The molecule has 11 heteroatoms. The molecule has 0 N–H and O–H groups in total. The first-order chi connectivity index (χ1) is 65.4. The number of furan rings is 2. The van der Waals surface area contributed by atoms with Crippen LogP contribution in [-0.4, -0.2) is 43.2 Å². The van der Waals surface area contributed by atoms with E-state index >= 15 is 0 Å². The molecule has 0 aliphatic heterocycles. The topological polar surface area (TPSA) is 110 Å². The Morgan fingerprint density at radius 2 is 0.439 bits per heavy atom. The summed E-state index contributed by atoms with van der Waals surface area (Å²) in [6, 6.07) is 161. The van der Waals surface area contributed by atoms with E-state index in [2.05, 4.69) is 376 Å². The van der Waals surface area contributed by atoms with E-state index in [1.165, 1.54) is 43.4 Å². The summed E-state index contributed by atoms with van der Waals surface area (Å²) in [6.07, 6.45) is 0. The summed E-state index contributed by atoms with van der Waals surface area (Å²) < 4.78 is 21.6. The average Bonchev–Trinajstić information content (AvgIpc) is 1.59. The number of hydrogen-bond acceptors (Lipinski definition) is 7. The second-order valence-corrected chi connectivity index (χ2v) is 33.8. The van der Waals surface area contributed by atoms with Crippen molar-refractivity contribution in [1.29, 1.82) is 0 Å². The van der Waals surface area contributed by atoms with Crippen molar-refractivity contribution in [1.82, 2.24) is 43.2 Å². The summed E-state index contributed by atoms with van der Waals surface area (Å²) in [5.74, 6) is 2.54. The van der Waals surface area contributed by atoms with Crippen LogP contribution >= 0.6 is 0 Å². The monoisotopic (exact) mass is 1690 g/mol. The van der Waals surface area contributed by atoms with Gasteiger partial charge in [-0.15, -0.1) is 0 Å². The van der Waals surface area contributed by atoms with Crippen LogP contribution < -0.4 is 0 Å². The Balaban J connectivity index is 0.000000139. The van der Waals surface area contributed by atoms with Crippen LogP contribution in [-0.2, 0) is 0 Å². The lowest BCUT2D eigenvalue weighted by Crippen LogP contribution is -2.03. The van der Waals surface area contributed by atoms with E-state index < -0.39 is 0 Å². The third-order valence-corrected chi connectivity index (χ3v) is 26.1. The molecule has 8 heterocycles. The molecule has 132 heavy (non-hydrogen) atoms. The summed E-state index contributed by atoms with van der Waals surface area (Å²) in [7, 11) is 0. The van der Waals surface area contributed by atoms with Crippen LogP contribution in [0.5, 0.6) is 0 Å². The van der Waals surface area contributed by atoms with Gasteiger partial charge in [0.1, 0.15) is 22.3 Å². The fourth-order valence-electron chi connectivity index (χ4n) is 19.8. The number of para-hydroxylation sites is 6. The normalized spacial score (nSPS) is 11.8. The van der Waals surface area contributed by atoms with E-state index in [0.29, 0.717) is 23.4 Å². The Labute approximate surface area is 757 Å². The largest absolute Gasteiger partial charge is 0.456 e. The quantitative estimate of drug-likeness (QED) is 0.113. The fourth-order valence-corrected chi connectivity index (χ4v) is 19.8. The molecule has 0 unspecified atom stereocenters. The first-order valence-corrected chi connectivity index (χ1v) is 44.6. The SMILES string of the molecule is c1ccc(-c2cc(-c3ccccc3)nc(-n3c4ccccc4c4cc(-c5ccc6c7ccccc7n(-c7ccc(-c8ccc9oc%10ccccc%10c9c8)cc7)c6c5)ccc43)n2)cc1.c1ccc(-c2nc(-c3ccccc3)nc(-c3cccc(-n4c5ccccc5c5cc(-c6ccc7c8ccccc8n(-c8ccc(-c9ccc%10oc%11ccccc%11c%10c9)cc8)c7c6)ccc54)c3)n2)cc1. The molecule has 8 aromatic heterocycles. The molecule has 27 aromatic rings. The maximum absolute atomic E-state index is 6.13. The molecule has 0 saturated carbocycles. The van der Waals surface area contributed by atoms with Crippen molar-refractivity contribution in [2.45, 2.75) is 0 Å². The molecule has 11 nitrogen and oxygen atoms in total. The van der Waals surface area contributed by atoms with Crippen LogP contribution in [0.15, 0.2) is 464 Å². The molecular weight excluding hydrogens is 1610 g/mol. The summed E-state index contributed by atoms with van der Waals surface area (Å²) >= 11 is 0. The van der Waals surface area contributed by atoms with E-state index in [9.17, 15) is 0 Å². The van der Waals surface area contributed by atoms with Crippen LogP contribution in [0.2, 0.25) is 0 Å². The highest BCUT2D eigenvalue weighted by Crippen LogP contribution is 2.45. The van der Waals surface area contributed by atoms with Gasteiger partial charge in [-0.2, -0.15) is 0 Å². The van der Waals surface area contributed by atoms with Gasteiger partial charge in [-0.05, 0) is 184 Å². The average molecular weight is 1690 g/mol. The summed E-state index contributed by atoms with van der Waals surface area (Å²) in [5.41, 5.74) is 31.8. The van der Waals surface area contributed by atoms with Crippen molar-refractivity contribution in [3.05, 3.63) is 455 Å². The van der Waals surface area contributed by atoms with Crippen molar-refractivity contribution in [2.75, 3.05) is 0 Å². The van der Waals surface area contributed by atoms with Crippen molar-refractivity contribution in [3.8, 4) is 124 Å². The van der Waals surface area contributed by atoms with E-state index in [1.54, 1.807) is 0 Å². The van der Waals surface area contributed by atoms with E-state index in [1.807, 2.05) is 97.1 Å². The van der Waals surface area contributed by atoms with E-state index in [-0.39, 0.29) is 0 Å². The third kappa shape index (κ3) is 12.8. The van der Waals surface area contributed by atoms with Gasteiger partial charge in [-0.25, -0.2) is 24.9 Å². The standard InChI is InChI=1S/C63H39N5O.C58H36N4O/c1-3-14-41(15-4-1)61-64-62(42-16-5-2-6-17-42)66-63(65-61)46-18-13-19-48(36-46)68-56-24-11-8-21-50(56)53-37-44(29-34-57(53)68)45-28-33-51-49-20-7-10-23-55(49)67(58(51)39-45)47-31-26-40(27-32-47)43-30-35-60-54(38-43)52-22-9-12-25-59(52)69-60;1-3-13-38(14-4-1)50-36-51(39-15-5-2-6-16-39)60-58(59-50)62-53-21-11-8-18-45(53)48-33-41(26-31-54(48)62)42-25-30-46-44-17-7-10-20-52(44)61(55(46)35-42)43-28-23-37(24-29-43)40-27-32-57-49(34-40)47-19-9-12-22-56(47)63-57/h1-39H;1-36H. The van der Waals surface area contributed by atoms with Crippen molar-refractivity contribution in [3.63, 3.8) is 0 Å². The van der Waals surface area contributed by atoms with Crippen LogP contribution in [0.4, 0.5) is 0 Å². The summed E-state index contributed by atoms with van der Waals surface area (Å²) in [4.78, 5) is 25.5. The van der Waals surface area contributed by atoms with Crippen LogP contribution in [0, 0.1) is 0 Å². The minimum atomic E-state index is 0.623. The molecule has 0 aliphatic carbocycles. The Bertz CT molecular complexity index is 9150. The number of aromatic nitrogens is 9. The van der Waals surface area contributed by atoms with Gasteiger partial charge < -0.3 is 22.5 Å². The number of nitrogens with zero attached hydrogens (tertiary/aromatic N) is 9. The van der Waals surface area contributed by atoms with Crippen molar-refractivity contribution in [2.24, 2.45) is 0 Å². The number of benzene rings is 19. The van der Waals surface area contributed by atoms with Gasteiger partial charge in [-0.3, -0.25) is 4.57 Å². The lowest BCUT2D eigenvalue weighted by atomic mass is 10.0. The molecule has 0 fully saturated rings. The molecule has 0 saturated heterocycles. The first kappa shape index (κ1) is 75.4. The van der Waals surface area contributed by atoms with Crippen LogP contribution in [0.1, 0.15) is 0 Å². The molecule has 0 atom stereocenters. The summed E-state index contributed by atoms with van der Waals surface area (Å²) in [6.45, 7) is 0. The van der Waals surface area contributed by atoms with Gasteiger partial charge >= 0.3 is 0 Å². The minimum absolute atomic E-state index is 0.623. The van der Waals surface area contributed by atoms with Crippen molar-refractivity contribution < 1.29 is 8.83 Å². The maximum Gasteiger partial charge on any atom is 0.235 e. The lowest BCUT2D eigenvalue weighted by Gasteiger charge is -2.12. The molecule has 616 valence electrons. The van der Waals surface area contributed by atoms with Gasteiger partial charge in [0, 0.05) is 110 Å². The van der Waals surface area contributed by atoms with Crippen molar-refractivity contribution >= 4 is 131 Å². The maximum atomic E-state index is 6.13. The number of hydrogen-bond donors (Lipinski definition) is 0. The zero-order chi connectivity index (χ0) is 86.9. The molecule has 19 aromatic carbocycles. The molecule has 27 rings (SSSR count). The molecular formula is C121H75N9O2. The first-order valence-electron chi connectivity index (χ1n) is 44.6. The van der Waals surface area contributed by atoms with E-state index in [4.69, 9.17) is 33.8 Å². The predicted octanol–water partition coefficient (Wildman–Crippen LogP) is 31.5. The van der Waals surface area contributed by atoms with Gasteiger partial charge in [0.15, 0.2) is 17.5 Å². The zero-order valence-corrected chi connectivity index (χ0v) is 71.1. The van der Waals surface area contributed by atoms with E-state index in [0.717, 1.165) is 189 Å². The number of fused-ring (bicyclic) bond motifs is 18. The Hall–Kier alpha value is -17.9. The smallest absolute Gasteiger partial charge is 0.235 e. The third-order valence-electron chi connectivity index (χ3n) is 26.1. The second-order valence-electron chi connectivity index (χ2n) is 33.8. The second kappa shape index (κ2) is 31.0. The highest BCUT2D eigenvalue weighted by molar-refractivity contribution is 6.16. The molecule has 0 amide bonds. The molecule has 0 bridgehead atoms. The molecule has 0 aliphatic rings. The summed E-state index contributed by atoms with van der Waals surface area (Å²) in [5, 5.41) is 14.1. The van der Waals surface area contributed by atoms with Gasteiger partial charge in [0.2, 0.25) is 5.95 Å². The predicted molar refractivity (Wildman–Crippen MR) is 543 cm³/mol. The highest BCUT2D eigenvalue weighted by atomic mass is 16.3. The van der Waals surface area contributed by atoms with Gasteiger partial charge in [-0.1, -0.05) is 315 Å². The molecule has 0 spiro atoms. The Morgan fingerprint density at radius 1 is 0.144 bits per heavy atom. The Kier molecular flexibility index (Phi) is 17.7. The highest BCUT2D eigenvalue weighted by Gasteiger charge is 2.24. The zero-order valence-electron chi connectivity index (χ0n) is 71.1.